The minimum atomic E-state index is -0.132. The lowest BCUT2D eigenvalue weighted by Gasteiger charge is -2.32. The van der Waals surface area contributed by atoms with E-state index in [-0.39, 0.29) is 5.41 Å². The lowest BCUT2D eigenvalue weighted by Crippen LogP contribution is -2.17. The van der Waals surface area contributed by atoms with E-state index in [2.05, 4.69) is 207 Å². The zero-order valence-electron chi connectivity index (χ0n) is 28.3. The van der Waals surface area contributed by atoms with E-state index in [1.54, 1.807) is 0 Å². The van der Waals surface area contributed by atoms with Gasteiger partial charge in [0, 0.05) is 22.2 Å². The topological polar surface area (TPSA) is 3.24 Å². The number of anilines is 3. The molecule has 9 rings (SSSR count). The molecule has 238 valence electrons. The van der Waals surface area contributed by atoms with E-state index in [0.29, 0.717) is 0 Å². The number of hydrogen-bond acceptors (Lipinski definition) is 1. The molecule has 1 heteroatoms. The largest absolute Gasteiger partial charge is 0.309 e. The number of hydrogen-bond donors (Lipinski definition) is 0. The maximum absolute atomic E-state index is 2.52. The summed E-state index contributed by atoms with van der Waals surface area (Å²) < 4.78 is 0. The van der Waals surface area contributed by atoms with Crippen LogP contribution in [0.4, 0.5) is 17.1 Å². The van der Waals surface area contributed by atoms with Crippen LogP contribution in [0.15, 0.2) is 188 Å². The van der Waals surface area contributed by atoms with Crippen LogP contribution < -0.4 is 4.90 Å². The first-order valence-corrected chi connectivity index (χ1v) is 17.5. The van der Waals surface area contributed by atoms with Gasteiger partial charge in [-0.3, -0.25) is 0 Å². The van der Waals surface area contributed by atoms with Gasteiger partial charge in [-0.1, -0.05) is 178 Å². The van der Waals surface area contributed by atoms with E-state index in [1.165, 1.54) is 66.4 Å². The lowest BCUT2D eigenvalue weighted by molar-refractivity contribution is 0.660. The van der Waals surface area contributed by atoms with Crippen LogP contribution in [-0.4, -0.2) is 0 Å². The first-order chi connectivity index (χ1) is 24.6. The molecule has 0 fully saturated rings. The van der Waals surface area contributed by atoms with Gasteiger partial charge in [0.2, 0.25) is 0 Å². The summed E-state index contributed by atoms with van der Waals surface area (Å²) in [7, 11) is 0. The third-order valence-electron chi connectivity index (χ3n) is 10.5. The maximum Gasteiger partial charge on any atom is 0.0546 e. The molecule has 0 unspecified atom stereocenters. The third-order valence-corrected chi connectivity index (χ3v) is 10.5. The molecule has 8 aromatic rings. The second-order valence-corrected chi connectivity index (χ2v) is 13.7. The molecule has 0 atom stereocenters. The zero-order valence-corrected chi connectivity index (χ0v) is 28.3. The normalized spacial score (nSPS) is 12.8. The van der Waals surface area contributed by atoms with Crippen molar-refractivity contribution in [2.24, 2.45) is 0 Å². The predicted octanol–water partition coefficient (Wildman–Crippen LogP) is 13.6. The SMILES string of the molecule is CC1(C)c2ccccc2-c2ccc(N(c3cccc(-c4ccccc4)c3-c3ccccc3)c3ccc4ccccc4c3-c3ccccc3)cc21. The molecule has 0 N–H and O–H groups in total. The summed E-state index contributed by atoms with van der Waals surface area (Å²) in [5.74, 6) is 0. The molecule has 0 spiro atoms. The number of fused-ring (bicyclic) bond motifs is 4. The zero-order chi connectivity index (χ0) is 33.7. The van der Waals surface area contributed by atoms with Crippen molar-refractivity contribution in [3.63, 3.8) is 0 Å². The van der Waals surface area contributed by atoms with Crippen LogP contribution in [0.3, 0.4) is 0 Å². The molecular weight excluding hydrogens is 603 g/mol. The van der Waals surface area contributed by atoms with E-state index in [9.17, 15) is 0 Å². The molecule has 50 heavy (non-hydrogen) atoms. The summed E-state index contributed by atoms with van der Waals surface area (Å²) >= 11 is 0. The molecule has 8 aromatic carbocycles. The van der Waals surface area contributed by atoms with Gasteiger partial charge in [-0.05, 0) is 79.5 Å². The van der Waals surface area contributed by atoms with Crippen molar-refractivity contribution in [1.29, 1.82) is 0 Å². The van der Waals surface area contributed by atoms with Crippen molar-refractivity contribution >= 4 is 27.8 Å². The van der Waals surface area contributed by atoms with Crippen molar-refractivity contribution in [3.05, 3.63) is 199 Å². The molecule has 0 aliphatic heterocycles. The van der Waals surface area contributed by atoms with Crippen LogP contribution in [0.2, 0.25) is 0 Å². The Morgan fingerprint density at radius 2 is 0.940 bits per heavy atom. The van der Waals surface area contributed by atoms with E-state index >= 15 is 0 Å². The summed E-state index contributed by atoms with van der Waals surface area (Å²) in [5, 5.41) is 2.46. The standard InChI is InChI=1S/C49H37N/c1-49(2)43-27-15-14-25-41(43)42-31-30-38(33-44(42)49)50(46-32-29-35-19-12-13-24-39(35)48(46)37-22-10-5-11-23-37)45-28-16-26-40(34-17-6-3-7-18-34)47(45)36-20-8-4-9-21-36/h3-33H,1-2H3. The number of nitrogens with zero attached hydrogens (tertiary/aromatic N) is 1. The highest BCUT2D eigenvalue weighted by molar-refractivity contribution is 6.07. The van der Waals surface area contributed by atoms with E-state index < -0.39 is 0 Å². The van der Waals surface area contributed by atoms with Crippen LogP contribution >= 0.6 is 0 Å². The van der Waals surface area contributed by atoms with Gasteiger partial charge in [0.25, 0.3) is 0 Å². The Kier molecular flexibility index (Phi) is 7.21. The Labute approximate surface area is 294 Å². The molecule has 0 aromatic heterocycles. The van der Waals surface area contributed by atoms with Crippen molar-refractivity contribution < 1.29 is 0 Å². The second-order valence-electron chi connectivity index (χ2n) is 13.7. The molecular formula is C49H37N. The van der Waals surface area contributed by atoms with Gasteiger partial charge in [0.05, 0.1) is 11.4 Å². The quantitative estimate of drug-likeness (QED) is 0.175. The highest BCUT2D eigenvalue weighted by atomic mass is 15.1. The fourth-order valence-electron chi connectivity index (χ4n) is 8.09. The third kappa shape index (κ3) is 4.85. The summed E-state index contributed by atoms with van der Waals surface area (Å²) in [6.45, 7) is 4.73. The van der Waals surface area contributed by atoms with Crippen LogP contribution in [0, 0.1) is 0 Å². The lowest BCUT2D eigenvalue weighted by atomic mass is 9.82. The van der Waals surface area contributed by atoms with Crippen molar-refractivity contribution in [2.75, 3.05) is 4.90 Å². The second kappa shape index (κ2) is 12.1. The first kappa shape index (κ1) is 29.9. The average Bonchev–Trinajstić information content (AvgIpc) is 3.41. The van der Waals surface area contributed by atoms with Gasteiger partial charge in [-0.25, -0.2) is 0 Å². The highest BCUT2D eigenvalue weighted by Gasteiger charge is 2.36. The highest BCUT2D eigenvalue weighted by Crippen LogP contribution is 2.53. The molecule has 0 radical (unpaired) electrons. The van der Waals surface area contributed by atoms with Gasteiger partial charge in [0.1, 0.15) is 0 Å². The van der Waals surface area contributed by atoms with Crippen molar-refractivity contribution in [2.45, 2.75) is 19.3 Å². The van der Waals surface area contributed by atoms with E-state index in [4.69, 9.17) is 0 Å². The van der Waals surface area contributed by atoms with Gasteiger partial charge < -0.3 is 4.90 Å². The van der Waals surface area contributed by atoms with Crippen LogP contribution in [0.25, 0.3) is 55.3 Å². The molecule has 0 saturated carbocycles. The van der Waals surface area contributed by atoms with Gasteiger partial charge >= 0.3 is 0 Å². The first-order valence-electron chi connectivity index (χ1n) is 17.5. The fourth-order valence-corrected chi connectivity index (χ4v) is 8.09. The summed E-state index contributed by atoms with van der Waals surface area (Å²) in [4.78, 5) is 2.52. The van der Waals surface area contributed by atoms with Gasteiger partial charge in [-0.15, -0.1) is 0 Å². The molecule has 1 aliphatic rings. The smallest absolute Gasteiger partial charge is 0.0546 e. The van der Waals surface area contributed by atoms with E-state index in [1.807, 2.05) is 0 Å². The van der Waals surface area contributed by atoms with Crippen molar-refractivity contribution in [1.82, 2.24) is 0 Å². The van der Waals surface area contributed by atoms with Crippen LogP contribution in [0.5, 0.6) is 0 Å². The van der Waals surface area contributed by atoms with Gasteiger partial charge in [-0.2, -0.15) is 0 Å². The van der Waals surface area contributed by atoms with Crippen LogP contribution in [-0.2, 0) is 5.41 Å². The molecule has 0 heterocycles. The van der Waals surface area contributed by atoms with Gasteiger partial charge in [0.15, 0.2) is 0 Å². The minimum Gasteiger partial charge on any atom is -0.309 e. The Balaban J connectivity index is 1.39. The Morgan fingerprint density at radius 3 is 1.68 bits per heavy atom. The van der Waals surface area contributed by atoms with Crippen molar-refractivity contribution in [3.8, 4) is 44.5 Å². The minimum absolute atomic E-state index is 0.132. The monoisotopic (exact) mass is 639 g/mol. The summed E-state index contributed by atoms with van der Waals surface area (Å²) in [6, 6.07) is 68.7. The molecule has 0 bridgehead atoms. The molecule has 1 aliphatic carbocycles. The molecule has 0 saturated heterocycles. The van der Waals surface area contributed by atoms with E-state index in [0.717, 1.165) is 17.1 Å². The Hall–Kier alpha value is -6.18. The molecule has 1 nitrogen and oxygen atoms in total. The summed E-state index contributed by atoms with van der Waals surface area (Å²) in [6.07, 6.45) is 0. The Morgan fingerprint density at radius 1 is 0.380 bits per heavy atom. The summed E-state index contributed by atoms with van der Waals surface area (Å²) in [5.41, 5.74) is 15.9. The predicted molar refractivity (Wildman–Crippen MR) is 213 cm³/mol. The molecule has 0 amide bonds. The maximum atomic E-state index is 2.52. The Bertz CT molecular complexity index is 2490. The number of benzene rings is 8. The average molecular weight is 640 g/mol. The fraction of sp³-hybridized carbons (Fsp3) is 0.0612. The number of rotatable bonds is 6. The van der Waals surface area contributed by atoms with Crippen LogP contribution in [0.1, 0.15) is 25.0 Å².